The molecule has 0 aliphatic carbocycles. The van der Waals surface area contributed by atoms with Gasteiger partial charge in [0.1, 0.15) is 11.4 Å². The molecule has 0 aliphatic heterocycles. The van der Waals surface area contributed by atoms with Crippen LogP contribution in [0.25, 0.3) is 11.3 Å². The molecule has 0 bridgehead atoms. The summed E-state index contributed by atoms with van der Waals surface area (Å²) in [5.41, 5.74) is 5.32. The van der Waals surface area contributed by atoms with E-state index in [1.54, 1.807) is 13.2 Å². The highest BCUT2D eigenvalue weighted by atomic mass is 16.5. The fraction of sp³-hybridized carbons (Fsp3) is 0.312. The third kappa shape index (κ3) is 5.41. The standard InChI is InChI=1S/C13H14N2O2.C3H8.H2O/c1-9-6-7-12(17-2)13(14-9)10-4-3-5-11(8-10)15-16;1-3-2;/h3-8,15-16H,1-2H3;3H2,1-2H3;1H2. The Morgan fingerprint density at radius 2 is 1.86 bits per heavy atom. The monoisotopic (exact) mass is 292 g/mol. The van der Waals surface area contributed by atoms with Crippen molar-refractivity contribution in [2.24, 2.45) is 0 Å². The molecule has 0 amide bonds. The number of nitrogens with zero attached hydrogens (tertiary/aromatic N) is 1. The van der Waals surface area contributed by atoms with Gasteiger partial charge in [0.15, 0.2) is 0 Å². The molecule has 0 spiro atoms. The molecule has 0 unspecified atom stereocenters. The van der Waals surface area contributed by atoms with Crippen LogP contribution in [0.3, 0.4) is 0 Å². The van der Waals surface area contributed by atoms with Gasteiger partial charge in [0.25, 0.3) is 0 Å². The van der Waals surface area contributed by atoms with E-state index in [1.165, 1.54) is 6.42 Å². The number of ether oxygens (including phenoxy) is 1. The molecule has 116 valence electrons. The van der Waals surface area contributed by atoms with Crippen molar-refractivity contribution < 1.29 is 15.4 Å². The van der Waals surface area contributed by atoms with Crippen LogP contribution < -0.4 is 10.2 Å². The lowest BCUT2D eigenvalue weighted by atomic mass is 10.1. The molecule has 2 rings (SSSR count). The zero-order valence-corrected chi connectivity index (χ0v) is 13.0. The average Bonchev–Trinajstić information content (AvgIpc) is 2.48. The molecule has 1 heterocycles. The molecule has 21 heavy (non-hydrogen) atoms. The first-order valence-corrected chi connectivity index (χ1v) is 6.68. The first kappa shape index (κ1) is 18.9. The van der Waals surface area contributed by atoms with E-state index in [9.17, 15) is 0 Å². The van der Waals surface area contributed by atoms with Gasteiger partial charge in [-0.15, -0.1) is 0 Å². The number of rotatable bonds is 3. The minimum Gasteiger partial charge on any atom is -0.494 e. The minimum absolute atomic E-state index is 0. The summed E-state index contributed by atoms with van der Waals surface area (Å²) in [6.07, 6.45) is 1.25. The lowest BCUT2D eigenvalue weighted by Crippen LogP contribution is -1.94. The number of pyridine rings is 1. The maximum Gasteiger partial charge on any atom is 0.145 e. The van der Waals surface area contributed by atoms with Gasteiger partial charge < -0.3 is 10.2 Å². The number of aryl methyl sites for hydroxylation is 1. The number of hydrogen-bond donors (Lipinski definition) is 2. The topological polar surface area (TPSA) is 85.9 Å². The minimum atomic E-state index is 0. The summed E-state index contributed by atoms with van der Waals surface area (Å²) < 4.78 is 5.28. The third-order valence-corrected chi connectivity index (χ3v) is 2.48. The van der Waals surface area contributed by atoms with Crippen molar-refractivity contribution in [3.63, 3.8) is 0 Å². The number of nitrogens with one attached hydrogen (secondary N) is 1. The number of aromatic nitrogens is 1. The second-order valence-electron chi connectivity index (χ2n) is 4.40. The Labute approximate surface area is 125 Å². The summed E-state index contributed by atoms with van der Waals surface area (Å²) >= 11 is 0. The fourth-order valence-corrected chi connectivity index (χ4v) is 1.65. The van der Waals surface area contributed by atoms with E-state index in [4.69, 9.17) is 9.94 Å². The predicted molar refractivity (Wildman–Crippen MR) is 86.0 cm³/mol. The summed E-state index contributed by atoms with van der Waals surface area (Å²) in [6.45, 7) is 6.18. The van der Waals surface area contributed by atoms with Crippen LogP contribution in [0, 0.1) is 6.92 Å². The number of benzene rings is 1. The van der Waals surface area contributed by atoms with E-state index >= 15 is 0 Å². The Balaban J connectivity index is 0.000000922. The summed E-state index contributed by atoms with van der Waals surface area (Å²) in [7, 11) is 1.62. The molecule has 0 atom stereocenters. The zero-order valence-electron chi connectivity index (χ0n) is 13.0. The van der Waals surface area contributed by atoms with Crippen LogP contribution >= 0.6 is 0 Å². The Kier molecular flexibility index (Phi) is 8.76. The van der Waals surface area contributed by atoms with Crippen molar-refractivity contribution in [2.75, 3.05) is 12.6 Å². The van der Waals surface area contributed by atoms with Crippen molar-refractivity contribution in [3.05, 3.63) is 42.1 Å². The van der Waals surface area contributed by atoms with Gasteiger partial charge >= 0.3 is 0 Å². The number of methoxy groups -OCH3 is 1. The Bertz CT molecular complexity index is 545. The summed E-state index contributed by atoms with van der Waals surface area (Å²) in [5.74, 6) is 0.714. The molecule has 1 aromatic heterocycles. The van der Waals surface area contributed by atoms with Gasteiger partial charge in [-0.25, -0.2) is 4.98 Å². The quantitative estimate of drug-likeness (QED) is 0.848. The van der Waals surface area contributed by atoms with Gasteiger partial charge in [-0.2, -0.15) is 0 Å². The lowest BCUT2D eigenvalue weighted by molar-refractivity contribution is 0.389. The number of anilines is 1. The van der Waals surface area contributed by atoms with Crippen LogP contribution in [-0.4, -0.2) is 22.8 Å². The SMILES string of the molecule is CCC.COc1ccc(C)nc1-c1cccc(NO)c1.O. The fourth-order valence-electron chi connectivity index (χ4n) is 1.65. The van der Waals surface area contributed by atoms with Crippen molar-refractivity contribution in [2.45, 2.75) is 27.2 Å². The van der Waals surface area contributed by atoms with Gasteiger partial charge in [0.2, 0.25) is 0 Å². The first-order valence-electron chi connectivity index (χ1n) is 6.68. The van der Waals surface area contributed by atoms with Gasteiger partial charge in [0, 0.05) is 11.3 Å². The molecule has 0 saturated heterocycles. The van der Waals surface area contributed by atoms with Gasteiger partial charge in [-0.3, -0.25) is 10.7 Å². The van der Waals surface area contributed by atoms with Crippen LogP contribution in [0.4, 0.5) is 5.69 Å². The van der Waals surface area contributed by atoms with Crippen LogP contribution in [0.15, 0.2) is 36.4 Å². The smallest absolute Gasteiger partial charge is 0.145 e. The molecule has 2 aromatic rings. The molecular weight excluding hydrogens is 268 g/mol. The normalized spacial score (nSPS) is 9.00. The van der Waals surface area contributed by atoms with Crippen LogP contribution in [0.1, 0.15) is 26.0 Å². The third-order valence-electron chi connectivity index (χ3n) is 2.48. The lowest BCUT2D eigenvalue weighted by Gasteiger charge is -2.09. The van der Waals surface area contributed by atoms with Gasteiger partial charge in [0.05, 0.1) is 12.8 Å². The van der Waals surface area contributed by atoms with Gasteiger partial charge in [-0.1, -0.05) is 32.4 Å². The first-order chi connectivity index (χ1) is 9.65. The number of hydrogen-bond acceptors (Lipinski definition) is 4. The molecule has 1 aromatic carbocycles. The van der Waals surface area contributed by atoms with Crippen molar-refractivity contribution in [1.29, 1.82) is 0 Å². The van der Waals surface area contributed by atoms with Gasteiger partial charge in [-0.05, 0) is 31.2 Å². The largest absolute Gasteiger partial charge is 0.494 e. The summed E-state index contributed by atoms with van der Waals surface area (Å²) in [4.78, 5) is 4.46. The van der Waals surface area contributed by atoms with Crippen molar-refractivity contribution in [3.8, 4) is 17.0 Å². The van der Waals surface area contributed by atoms with Crippen molar-refractivity contribution in [1.82, 2.24) is 4.98 Å². The molecule has 4 N–H and O–H groups in total. The van der Waals surface area contributed by atoms with Crippen LogP contribution in [0.2, 0.25) is 0 Å². The maximum atomic E-state index is 8.89. The Hall–Kier alpha value is -2.11. The van der Waals surface area contributed by atoms with E-state index in [-0.39, 0.29) is 5.48 Å². The highest BCUT2D eigenvalue weighted by Gasteiger charge is 2.08. The van der Waals surface area contributed by atoms with Crippen LogP contribution in [0.5, 0.6) is 5.75 Å². The molecule has 5 heteroatoms. The highest BCUT2D eigenvalue weighted by molar-refractivity contribution is 5.69. The molecule has 0 aliphatic rings. The maximum absolute atomic E-state index is 8.89. The molecule has 0 fully saturated rings. The zero-order chi connectivity index (χ0) is 15.0. The second-order valence-corrected chi connectivity index (χ2v) is 4.40. The van der Waals surface area contributed by atoms with E-state index in [0.29, 0.717) is 11.4 Å². The summed E-state index contributed by atoms with van der Waals surface area (Å²) in [5, 5.41) is 8.89. The second kappa shape index (κ2) is 9.74. The van der Waals surface area contributed by atoms with E-state index in [2.05, 4.69) is 24.3 Å². The average molecular weight is 292 g/mol. The molecule has 5 nitrogen and oxygen atoms in total. The van der Waals surface area contributed by atoms with E-state index in [1.807, 2.05) is 37.3 Å². The Morgan fingerprint density at radius 3 is 2.43 bits per heavy atom. The molecular formula is C16H24N2O3. The molecule has 0 radical (unpaired) electrons. The molecule has 0 saturated carbocycles. The van der Waals surface area contributed by atoms with E-state index in [0.717, 1.165) is 17.0 Å². The van der Waals surface area contributed by atoms with Crippen LogP contribution in [-0.2, 0) is 0 Å². The highest BCUT2D eigenvalue weighted by Crippen LogP contribution is 2.29. The Morgan fingerprint density at radius 1 is 1.19 bits per heavy atom. The van der Waals surface area contributed by atoms with Crippen molar-refractivity contribution >= 4 is 5.69 Å². The predicted octanol–water partition coefficient (Wildman–Crippen LogP) is 3.46. The summed E-state index contributed by atoms with van der Waals surface area (Å²) in [6, 6.07) is 11.1. The van der Waals surface area contributed by atoms with E-state index < -0.39 is 0 Å².